The van der Waals surface area contributed by atoms with Gasteiger partial charge in [-0.05, 0) is 24.3 Å². The zero-order chi connectivity index (χ0) is 19.1. The molecule has 6 nitrogen and oxygen atoms in total. The Morgan fingerprint density at radius 2 is 1.46 bits per heavy atom. The number of para-hydroxylation sites is 1. The molecule has 0 aliphatic heterocycles. The Bertz CT molecular complexity index is 733. The van der Waals surface area contributed by atoms with Gasteiger partial charge in [-0.25, -0.2) is 4.79 Å². The van der Waals surface area contributed by atoms with Gasteiger partial charge in [0.25, 0.3) is 0 Å². The summed E-state index contributed by atoms with van der Waals surface area (Å²) in [6.07, 6.45) is 0. The quantitative estimate of drug-likeness (QED) is 0.487. The second-order valence-corrected chi connectivity index (χ2v) is 5.76. The zero-order valence-corrected chi connectivity index (χ0v) is 16.0. The van der Waals surface area contributed by atoms with E-state index in [-0.39, 0.29) is 18.8 Å². The standard InChI is InChI=1S/C18H18Cl2O6/c1-22-14-9-11(10-15(23-2)17(14)24-3)18(21)26-8-7-25-16-12(19)5-4-6-13(16)20/h4-6,9-10H,7-8H2,1-3H3. The van der Waals surface area contributed by atoms with Crippen molar-refractivity contribution >= 4 is 29.2 Å². The van der Waals surface area contributed by atoms with Crippen LogP contribution in [0.2, 0.25) is 10.0 Å². The van der Waals surface area contributed by atoms with E-state index in [1.54, 1.807) is 18.2 Å². The Balaban J connectivity index is 2.00. The molecule has 0 fully saturated rings. The lowest BCUT2D eigenvalue weighted by Crippen LogP contribution is -2.13. The Morgan fingerprint density at radius 3 is 1.96 bits per heavy atom. The van der Waals surface area contributed by atoms with Crippen LogP contribution in [-0.4, -0.2) is 40.5 Å². The van der Waals surface area contributed by atoms with E-state index in [9.17, 15) is 4.79 Å². The van der Waals surface area contributed by atoms with Crippen molar-refractivity contribution in [3.63, 3.8) is 0 Å². The lowest BCUT2D eigenvalue weighted by Gasteiger charge is -2.14. The second-order valence-electron chi connectivity index (χ2n) is 4.95. The number of esters is 1. The number of carbonyl (C=O) groups excluding carboxylic acids is 1. The number of carbonyl (C=O) groups is 1. The minimum absolute atomic E-state index is 0.0110. The van der Waals surface area contributed by atoms with Crippen molar-refractivity contribution in [3.8, 4) is 23.0 Å². The van der Waals surface area contributed by atoms with Crippen molar-refractivity contribution in [2.45, 2.75) is 0 Å². The summed E-state index contributed by atoms with van der Waals surface area (Å²) >= 11 is 12.0. The van der Waals surface area contributed by atoms with Crippen molar-refractivity contribution in [2.75, 3.05) is 34.5 Å². The topological polar surface area (TPSA) is 63.2 Å². The van der Waals surface area contributed by atoms with Crippen molar-refractivity contribution < 1.29 is 28.5 Å². The van der Waals surface area contributed by atoms with Gasteiger partial charge in [0, 0.05) is 0 Å². The van der Waals surface area contributed by atoms with Crippen LogP contribution in [0.5, 0.6) is 23.0 Å². The molecule has 0 atom stereocenters. The first-order chi connectivity index (χ1) is 12.5. The van der Waals surface area contributed by atoms with Crippen LogP contribution in [-0.2, 0) is 4.74 Å². The Kier molecular flexibility index (Phi) is 7.24. The zero-order valence-electron chi connectivity index (χ0n) is 14.5. The van der Waals surface area contributed by atoms with Crippen LogP contribution in [0.15, 0.2) is 30.3 Å². The van der Waals surface area contributed by atoms with Crippen molar-refractivity contribution in [1.29, 1.82) is 0 Å². The number of benzene rings is 2. The van der Waals surface area contributed by atoms with E-state index in [4.69, 9.17) is 46.9 Å². The average Bonchev–Trinajstić information content (AvgIpc) is 2.65. The molecule has 0 saturated heterocycles. The van der Waals surface area contributed by atoms with Gasteiger partial charge in [-0.3, -0.25) is 0 Å². The minimum Gasteiger partial charge on any atom is -0.493 e. The number of methoxy groups -OCH3 is 3. The Hall–Kier alpha value is -2.31. The van der Waals surface area contributed by atoms with Gasteiger partial charge in [-0.15, -0.1) is 0 Å². The van der Waals surface area contributed by atoms with Crippen LogP contribution < -0.4 is 18.9 Å². The number of rotatable bonds is 8. The molecule has 2 aromatic rings. The second kappa shape index (κ2) is 9.40. The molecule has 26 heavy (non-hydrogen) atoms. The number of halogens is 2. The van der Waals surface area contributed by atoms with Gasteiger partial charge in [0.15, 0.2) is 17.2 Å². The first kappa shape index (κ1) is 20.0. The van der Waals surface area contributed by atoms with Crippen LogP contribution in [0, 0.1) is 0 Å². The maximum Gasteiger partial charge on any atom is 0.338 e. The maximum absolute atomic E-state index is 12.2. The first-order valence-corrected chi connectivity index (χ1v) is 8.31. The van der Waals surface area contributed by atoms with Crippen LogP contribution in [0.1, 0.15) is 10.4 Å². The normalized spacial score (nSPS) is 10.2. The van der Waals surface area contributed by atoms with Gasteiger partial charge in [-0.1, -0.05) is 29.3 Å². The predicted molar refractivity (Wildman–Crippen MR) is 98.3 cm³/mol. The van der Waals surface area contributed by atoms with Crippen molar-refractivity contribution in [1.82, 2.24) is 0 Å². The van der Waals surface area contributed by atoms with E-state index in [1.165, 1.54) is 33.5 Å². The summed E-state index contributed by atoms with van der Waals surface area (Å²) < 4.78 is 26.3. The number of ether oxygens (including phenoxy) is 5. The molecule has 0 bridgehead atoms. The van der Waals surface area contributed by atoms with Crippen molar-refractivity contribution in [3.05, 3.63) is 45.9 Å². The highest BCUT2D eigenvalue weighted by Gasteiger charge is 2.18. The van der Waals surface area contributed by atoms with Crippen molar-refractivity contribution in [2.24, 2.45) is 0 Å². The first-order valence-electron chi connectivity index (χ1n) is 7.55. The molecule has 0 amide bonds. The van der Waals surface area contributed by atoms with E-state index in [0.717, 1.165) is 0 Å². The number of hydrogen-bond donors (Lipinski definition) is 0. The van der Waals surface area contributed by atoms with Crippen LogP contribution in [0.3, 0.4) is 0 Å². The molecule has 0 radical (unpaired) electrons. The SMILES string of the molecule is COc1cc(C(=O)OCCOc2c(Cl)cccc2Cl)cc(OC)c1OC. The molecule has 140 valence electrons. The molecule has 0 aromatic heterocycles. The molecule has 0 spiro atoms. The van der Waals surface area contributed by atoms with E-state index in [1.807, 2.05) is 0 Å². The van der Waals surface area contributed by atoms with E-state index >= 15 is 0 Å². The molecule has 2 aromatic carbocycles. The Labute approximate surface area is 161 Å². The van der Waals surface area contributed by atoms with Crippen LogP contribution in [0.4, 0.5) is 0 Å². The molecule has 8 heteroatoms. The molecule has 0 N–H and O–H groups in total. The van der Waals surface area contributed by atoms with Gasteiger partial charge >= 0.3 is 5.97 Å². The summed E-state index contributed by atoms with van der Waals surface area (Å²) in [5.41, 5.74) is 0.260. The maximum atomic E-state index is 12.2. The summed E-state index contributed by atoms with van der Waals surface area (Å²) in [7, 11) is 4.41. The molecular weight excluding hydrogens is 383 g/mol. The van der Waals surface area contributed by atoms with Gasteiger partial charge in [0.05, 0.1) is 36.9 Å². The minimum atomic E-state index is -0.557. The highest BCUT2D eigenvalue weighted by molar-refractivity contribution is 6.37. The molecule has 2 rings (SSSR count). The summed E-state index contributed by atoms with van der Waals surface area (Å²) in [6.45, 7) is 0.108. The fourth-order valence-electron chi connectivity index (χ4n) is 2.18. The summed E-state index contributed by atoms with van der Waals surface area (Å²) in [6, 6.07) is 8.04. The van der Waals surface area contributed by atoms with E-state index < -0.39 is 5.97 Å². The van der Waals surface area contributed by atoms with Crippen LogP contribution >= 0.6 is 23.2 Å². The van der Waals surface area contributed by atoms with Crippen LogP contribution in [0.25, 0.3) is 0 Å². The number of hydrogen-bond acceptors (Lipinski definition) is 6. The molecule has 0 unspecified atom stereocenters. The lowest BCUT2D eigenvalue weighted by molar-refractivity contribution is 0.0449. The largest absolute Gasteiger partial charge is 0.493 e. The molecule has 0 aliphatic rings. The molecule has 0 saturated carbocycles. The van der Waals surface area contributed by atoms with Gasteiger partial charge < -0.3 is 23.7 Å². The van der Waals surface area contributed by atoms with Gasteiger partial charge in [-0.2, -0.15) is 0 Å². The molecular formula is C18H18Cl2O6. The summed E-state index contributed by atoms with van der Waals surface area (Å²) in [5, 5.41) is 0.766. The lowest BCUT2D eigenvalue weighted by atomic mass is 10.2. The van der Waals surface area contributed by atoms with E-state index in [0.29, 0.717) is 33.0 Å². The third-order valence-corrected chi connectivity index (χ3v) is 3.98. The fraction of sp³-hybridized carbons (Fsp3) is 0.278. The summed E-state index contributed by atoms with van der Waals surface area (Å²) in [4.78, 5) is 12.2. The van der Waals surface area contributed by atoms with Gasteiger partial charge in [0.2, 0.25) is 5.75 Å². The third-order valence-electron chi connectivity index (χ3n) is 3.38. The van der Waals surface area contributed by atoms with E-state index in [2.05, 4.69) is 0 Å². The average molecular weight is 401 g/mol. The third kappa shape index (κ3) is 4.65. The highest BCUT2D eigenvalue weighted by atomic mass is 35.5. The smallest absolute Gasteiger partial charge is 0.338 e. The predicted octanol–water partition coefficient (Wildman–Crippen LogP) is 4.26. The summed E-state index contributed by atoms with van der Waals surface area (Å²) in [5.74, 6) is 0.900. The van der Waals surface area contributed by atoms with Gasteiger partial charge in [0.1, 0.15) is 13.2 Å². The molecule has 0 heterocycles. The monoisotopic (exact) mass is 400 g/mol. The highest BCUT2D eigenvalue weighted by Crippen LogP contribution is 2.38. The Morgan fingerprint density at radius 1 is 0.885 bits per heavy atom. The fourth-order valence-corrected chi connectivity index (χ4v) is 2.69. The molecule has 0 aliphatic carbocycles.